The molecular weight excluding hydrogens is 375 g/mol. The Hall–Kier alpha value is -2.15. The molecule has 0 unspecified atom stereocenters. The number of rotatable bonds is 7. The Morgan fingerprint density at radius 3 is 2.75 bits per heavy atom. The number of aromatic nitrogens is 3. The summed E-state index contributed by atoms with van der Waals surface area (Å²) in [5, 5.41) is 12.1. The van der Waals surface area contributed by atoms with E-state index in [-0.39, 0.29) is 23.0 Å². The summed E-state index contributed by atoms with van der Waals surface area (Å²) in [6.45, 7) is 8.40. The van der Waals surface area contributed by atoms with E-state index in [1.54, 1.807) is 18.2 Å². The summed E-state index contributed by atoms with van der Waals surface area (Å²) in [5.74, 6) is 0.885. The molecule has 28 heavy (non-hydrogen) atoms. The Bertz CT molecular complexity index is 820. The third kappa shape index (κ3) is 4.82. The first-order chi connectivity index (χ1) is 13.5. The monoisotopic (exact) mass is 402 g/mol. The molecular formula is C21H27FN4OS. The summed E-state index contributed by atoms with van der Waals surface area (Å²) in [5.41, 5.74) is 0.774. The molecule has 1 aromatic carbocycles. The van der Waals surface area contributed by atoms with Crippen molar-refractivity contribution in [1.82, 2.24) is 20.1 Å². The van der Waals surface area contributed by atoms with E-state index in [1.165, 1.54) is 43.2 Å². The van der Waals surface area contributed by atoms with Crippen molar-refractivity contribution < 1.29 is 9.18 Å². The fraction of sp³-hybridized carbons (Fsp3) is 0.476. The highest BCUT2D eigenvalue weighted by Crippen LogP contribution is 2.28. The van der Waals surface area contributed by atoms with Crippen LogP contribution < -0.4 is 5.32 Å². The lowest BCUT2D eigenvalue weighted by Crippen LogP contribution is -2.44. The van der Waals surface area contributed by atoms with Gasteiger partial charge in [0, 0.05) is 18.2 Å². The summed E-state index contributed by atoms with van der Waals surface area (Å²) < 4.78 is 15.1. The van der Waals surface area contributed by atoms with Crippen LogP contribution in [0.2, 0.25) is 0 Å². The van der Waals surface area contributed by atoms with Gasteiger partial charge in [-0.15, -0.1) is 16.8 Å². The van der Waals surface area contributed by atoms with Crippen LogP contribution in [0.25, 0.3) is 11.4 Å². The van der Waals surface area contributed by atoms with Gasteiger partial charge in [-0.3, -0.25) is 9.36 Å². The van der Waals surface area contributed by atoms with E-state index >= 15 is 0 Å². The van der Waals surface area contributed by atoms with Crippen LogP contribution in [0.3, 0.4) is 0 Å². The van der Waals surface area contributed by atoms with Crippen molar-refractivity contribution in [2.75, 3.05) is 0 Å². The third-order valence-corrected chi connectivity index (χ3v) is 6.30. The van der Waals surface area contributed by atoms with Gasteiger partial charge in [0.25, 0.3) is 0 Å². The van der Waals surface area contributed by atoms with Crippen LogP contribution in [-0.2, 0) is 11.3 Å². The maximum atomic E-state index is 13.2. The maximum absolute atomic E-state index is 13.2. The van der Waals surface area contributed by atoms with Gasteiger partial charge < -0.3 is 5.32 Å². The summed E-state index contributed by atoms with van der Waals surface area (Å²) in [4.78, 5) is 12.7. The number of benzene rings is 1. The van der Waals surface area contributed by atoms with E-state index in [4.69, 9.17) is 0 Å². The van der Waals surface area contributed by atoms with E-state index in [2.05, 4.69) is 29.0 Å². The highest BCUT2D eigenvalue weighted by atomic mass is 32.2. The lowest BCUT2D eigenvalue weighted by molar-refractivity contribution is -0.121. The van der Waals surface area contributed by atoms with E-state index in [0.717, 1.165) is 12.0 Å². The molecule has 150 valence electrons. The van der Waals surface area contributed by atoms with E-state index < -0.39 is 0 Å². The van der Waals surface area contributed by atoms with Crippen molar-refractivity contribution in [3.8, 4) is 11.4 Å². The number of carbonyl (C=O) groups is 1. The fourth-order valence-electron chi connectivity index (χ4n) is 3.52. The third-order valence-electron chi connectivity index (χ3n) is 5.22. The van der Waals surface area contributed by atoms with Gasteiger partial charge in [-0.1, -0.05) is 37.6 Å². The smallest absolute Gasteiger partial charge is 0.233 e. The molecule has 1 amide bonds. The van der Waals surface area contributed by atoms with Gasteiger partial charge in [-0.2, -0.15) is 0 Å². The largest absolute Gasteiger partial charge is 0.352 e. The van der Waals surface area contributed by atoms with E-state index in [9.17, 15) is 9.18 Å². The highest BCUT2D eigenvalue weighted by Gasteiger charge is 2.26. The van der Waals surface area contributed by atoms with Crippen molar-refractivity contribution >= 4 is 17.7 Å². The second-order valence-electron chi connectivity index (χ2n) is 7.35. The van der Waals surface area contributed by atoms with Gasteiger partial charge in [0.1, 0.15) is 5.82 Å². The van der Waals surface area contributed by atoms with Gasteiger partial charge in [-0.25, -0.2) is 4.39 Å². The van der Waals surface area contributed by atoms with Crippen LogP contribution in [0.1, 0.15) is 39.5 Å². The first-order valence-electron chi connectivity index (χ1n) is 9.76. The van der Waals surface area contributed by atoms with Gasteiger partial charge >= 0.3 is 0 Å². The highest BCUT2D eigenvalue weighted by molar-refractivity contribution is 8.00. The van der Waals surface area contributed by atoms with Crippen molar-refractivity contribution in [2.45, 2.75) is 62.5 Å². The summed E-state index contributed by atoms with van der Waals surface area (Å²) in [6.07, 6.45) is 6.39. The minimum absolute atomic E-state index is 0.0280. The molecule has 1 N–H and O–H groups in total. The molecule has 3 atom stereocenters. The van der Waals surface area contributed by atoms with Crippen LogP contribution in [0, 0.1) is 11.7 Å². The Morgan fingerprint density at radius 1 is 1.36 bits per heavy atom. The molecule has 1 aliphatic carbocycles. The SMILES string of the molecule is C=CCn1c(S[C@H](C)C(=O)N[C@@H]2CCCC[C@@H]2C)nnc1-c1ccc(F)cc1. The average molecular weight is 403 g/mol. The molecule has 3 rings (SSSR count). The molecule has 0 bridgehead atoms. The number of nitrogens with one attached hydrogen (secondary N) is 1. The topological polar surface area (TPSA) is 59.8 Å². The number of carbonyl (C=O) groups excluding carboxylic acids is 1. The zero-order chi connectivity index (χ0) is 20.1. The van der Waals surface area contributed by atoms with Crippen LogP contribution >= 0.6 is 11.8 Å². The molecule has 1 aromatic heterocycles. The zero-order valence-electron chi connectivity index (χ0n) is 16.4. The van der Waals surface area contributed by atoms with Gasteiger partial charge in [0.15, 0.2) is 11.0 Å². The number of hydrogen-bond acceptors (Lipinski definition) is 4. The van der Waals surface area contributed by atoms with Crippen LogP contribution in [0.15, 0.2) is 42.1 Å². The Kier molecular flexibility index (Phi) is 6.88. The molecule has 0 spiro atoms. The summed E-state index contributed by atoms with van der Waals surface area (Å²) in [7, 11) is 0. The first kappa shape index (κ1) is 20.6. The van der Waals surface area contributed by atoms with Crippen LogP contribution in [0.4, 0.5) is 4.39 Å². The van der Waals surface area contributed by atoms with E-state index in [0.29, 0.717) is 23.4 Å². The first-order valence-corrected chi connectivity index (χ1v) is 10.6. The van der Waals surface area contributed by atoms with Crippen LogP contribution in [-0.4, -0.2) is 32.0 Å². The molecule has 1 fully saturated rings. The predicted octanol–water partition coefficient (Wildman–Crippen LogP) is 4.45. The quantitative estimate of drug-likeness (QED) is 0.549. The Morgan fingerprint density at radius 2 is 2.07 bits per heavy atom. The number of nitrogens with zero attached hydrogens (tertiary/aromatic N) is 3. The number of amides is 1. The molecule has 1 saturated carbocycles. The lowest BCUT2D eigenvalue weighted by Gasteiger charge is -2.30. The Labute approximate surface area is 169 Å². The van der Waals surface area contributed by atoms with Crippen molar-refractivity contribution in [3.05, 3.63) is 42.7 Å². The standard InChI is InChI=1S/C21H27FN4OS/c1-4-13-26-19(16-9-11-17(22)12-10-16)24-25-21(26)28-15(3)20(27)23-18-8-6-5-7-14(18)2/h4,9-12,14-15,18H,1,5-8,13H2,2-3H3,(H,23,27)/t14-,15+,18+/m0/s1. The molecule has 0 aliphatic heterocycles. The van der Waals surface area contributed by atoms with Crippen molar-refractivity contribution in [3.63, 3.8) is 0 Å². The molecule has 1 heterocycles. The minimum atomic E-state index is -0.296. The lowest BCUT2D eigenvalue weighted by atomic mass is 9.86. The van der Waals surface area contributed by atoms with Crippen LogP contribution in [0.5, 0.6) is 0 Å². The Balaban J connectivity index is 1.73. The number of thioether (sulfide) groups is 1. The number of halogens is 1. The maximum Gasteiger partial charge on any atom is 0.233 e. The minimum Gasteiger partial charge on any atom is -0.352 e. The molecule has 0 radical (unpaired) electrons. The van der Waals surface area contributed by atoms with Crippen molar-refractivity contribution in [2.24, 2.45) is 5.92 Å². The molecule has 2 aromatic rings. The molecule has 5 nitrogen and oxygen atoms in total. The normalized spacial score (nSPS) is 20.5. The predicted molar refractivity (Wildman–Crippen MR) is 110 cm³/mol. The second-order valence-corrected chi connectivity index (χ2v) is 8.66. The zero-order valence-corrected chi connectivity index (χ0v) is 17.2. The van der Waals surface area contributed by atoms with Gasteiger partial charge in [0.05, 0.1) is 5.25 Å². The fourth-order valence-corrected chi connectivity index (χ4v) is 4.39. The molecule has 0 saturated heterocycles. The van der Waals surface area contributed by atoms with E-state index in [1.807, 2.05) is 11.5 Å². The second kappa shape index (κ2) is 9.37. The summed E-state index contributed by atoms with van der Waals surface area (Å²) >= 11 is 1.38. The number of allylic oxidation sites excluding steroid dienone is 1. The average Bonchev–Trinajstić information content (AvgIpc) is 3.07. The molecule has 7 heteroatoms. The van der Waals surface area contributed by atoms with Gasteiger partial charge in [-0.05, 0) is 49.9 Å². The molecule has 1 aliphatic rings. The van der Waals surface area contributed by atoms with Crippen molar-refractivity contribution in [1.29, 1.82) is 0 Å². The summed E-state index contributed by atoms with van der Waals surface area (Å²) in [6, 6.07) is 6.40. The van der Waals surface area contributed by atoms with Gasteiger partial charge in [0.2, 0.25) is 5.91 Å². The number of hydrogen-bond donors (Lipinski definition) is 1.